The fraction of sp³-hybridized carbons (Fsp3) is 0.0857. The number of fused-ring (bicyclic) bond motifs is 2. The maximum absolute atomic E-state index is 12.8. The third-order valence-electron chi connectivity index (χ3n) is 7.14. The van der Waals surface area contributed by atoms with Crippen molar-refractivity contribution < 1.29 is 29.3 Å². The van der Waals surface area contributed by atoms with Gasteiger partial charge in [0, 0.05) is 21.9 Å². The van der Waals surface area contributed by atoms with Crippen LogP contribution in [0.3, 0.4) is 0 Å². The van der Waals surface area contributed by atoms with E-state index >= 15 is 0 Å². The molecule has 0 aliphatic rings. The Kier molecular flexibility index (Phi) is 7.75. The molecule has 1 heterocycles. The highest BCUT2D eigenvalue weighted by atomic mass is 16.5. The van der Waals surface area contributed by atoms with Crippen molar-refractivity contribution in [2.24, 2.45) is 10.2 Å². The molecule has 9 nitrogen and oxygen atoms in total. The highest BCUT2D eigenvalue weighted by Gasteiger charge is 2.19. The van der Waals surface area contributed by atoms with Gasteiger partial charge in [0.15, 0.2) is 0 Å². The minimum Gasteiger partial charge on any atom is -0.494 e. The number of hydrogen-bond acceptors (Lipinski definition) is 6. The molecule has 44 heavy (non-hydrogen) atoms. The molecule has 0 unspecified atom stereocenters. The highest BCUT2D eigenvalue weighted by Crippen LogP contribution is 2.39. The number of amides is 2. The van der Waals surface area contributed by atoms with Gasteiger partial charge < -0.3 is 19.7 Å². The molecule has 0 spiro atoms. The third-order valence-corrected chi connectivity index (χ3v) is 7.14. The summed E-state index contributed by atoms with van der Waals surface area (Å²) in [5.74, 6) is -0.498. The number of carbonyl (C=O) groups excluding carboxylic acids is 2. The zero-order valence-corrected chi connectivity index (χ0v) is 23.7. The summed E-state index contributed by atoms with van der Waals surface area (Å²) in [5.41, 5.74) is 1.72. The van der Waals surface area contributed by atoms with Gasteiger partial charge in [0.2, 0.25) is 11.8 Å². The van der Waals surface area contributed by atoms with Crippen molar-refractivity contribution in [3.63, 3.8) is 0 Å². The number of rotatable bonds is 8. The molecule has 0 radical (unpaired) electrons. The monoisotopic (exact) mass is 585 g/mol. The molecule has 0 saturated carbocycles. The Labute approximate surface area is 252 Å². The van der Waals surface area contributed by atoms with Crippen LogP contribution < -0.4 is 9.47 Å². The van der Waals surface area contributed by atoms with Crippen LogP contribution in [-0.4, -0.2) is 33.2 Å². The molecule has 6 rings (SSSR count). The summed E-state index contributed by atoms with van der Waals surface area (Å²) in [7, 11) is 0. The summed E-state index contributed by atoms with van der Waals surface area (Å²) in [6, 6.07) is 31.8. The summed E-state index contributed by atoms with van der Waals surface area (Å²) in [6.07, 6.45) is 0. The largest absolute Gasteiger partial charge is 0.494 e. The molecule has 1 aromatic heterocycles. The Morgan fingerprint density at radius 2 is 1.30 bits per heavy atom. The minimum absolute atomic E-state index is 0.0920. The fourth-order valence-electron chi connectivity index (χ4n) is 4.87. The Morgan fingerprint density at radius 3 is 2.02 bits per heavy atom. The van der Waals surface area contributed by atoms with E-state index in [1.165, 1.54) is 22.8 Å². The number of aromatic nitrogens is 1. The van der Waals surface area contributed by atoms with Crippen molar-refractivity contribution in [1.82, 2.24) is 4.57 Å². The normalized spacial score (nSPS) is 11.3. The average Bonchev–Trinajstić information content (AvgIpc) is 3.31. The molecule has 2 amide bonds. The Morgan fingerprint density at radius 1 is 0.659 bits per heavy atom. The van der Waals surface area contributed by atoms with E-state index in [1.54, 1.807) is 48.5 Å². The van der Waals surface area contributed by atoms with Gasteiger partial charge in [0.05, 0.1) is 12.3 Å². The lowest BCUT2D eigenvalue weighted by Crippen LogP contribution is -1.99. The van der Waals surface area contributed by atoms with Gasteiger partial charge in [-0.15, -0.1) is 10.2 Å². The molecule has 0 aliphatic heterocycles. The topological polar surface area (TPSA) is 123 Å². The quantitative estimate of drug-likeness (QED) is 0.177. The van der Waals surface area contributed by atoms with E-state index in [2.05, 4.69) is 10.2 Å². The minimum atomic E-state index is -0.770. The van der Waals surface area contributed by atoms with Crippen LogP contribution in [0.5, 0.6) is 23.3 Å². The van der Waals surface area contributed by atoms with E-state index in [0.717, 1.165) is 22.1 Å². The van der Waals surface area contributed by atoms with Gasteiger partial charge in [-0.05, 0) is 90.0 Å². The molecule has 0 atom stereocenters. The van der Waals surface area contributed by atoms with Gasteiger partial charge in [0.1, 0.15) is 18.1 Å². The van der Waals surface area contributed by atoms with Gasteiger partial charge in [-0.3, -0.25) is 14.2 Å². The predicted molar refractivity (Wildman–Crippen MR) is 166 cm³/mol. The SMILES string of the molecule is CCOc1ccc(-n2c(O)c3ccc(C(=O)N=NC(=O)c4ccc(COc5ccc6ccccc6c5)cc4)cc3c2O)cc1. The van der Waals surface area contributed by atoms with Crippen LogP contribution >= 0.6 is 0 Å². The molecule has 2 N–H and O–H groups in total. The van der Waals surface area contributed by atoms with Gasteiger partial charge in [-0.2, -0.15) is 0 Å². The van der Waals surface area contributed by atoms with Crippen molar-refractivity contribution in [3.05, 3.63) is 126 Å². The van der Waals surface area contributed by atoms with Crippen LogP contribution in [0, 0.1) is 0 Å². The van der Waals surface area contributed by atoms with Crippen LogP contribution in [0.25, 0.3) is 27.2 Å². The number of hydrogen-bond donors (Lipinski definition) is 2. The smallest absolute Gasteiger partial charge is 0.295 e. The van der Waals surface area contributed by atoms with Gasteiger partial charge in [-0.1, -0.05) is 42.5 Å². The van der Waals surface area contributed by atoms with E-state index in [4.69, 9.17) is 9.47 Å². The summed E-state index contributed by atoms with van der Waals surface area (Å²) < 4.78 is 12.6. The molecule has 0 aliphatic carbocycles. The standard InChI is InChI=1S/C35H27N3O6/c1-2-43-28-16-13-27(14-17-28)38-34(41)30-18-12-26(20-31(30)35(38)42)33(40)37-36-32(39)24-9-7-22(8-10-24)21-44-29-15-11-23-5-3-4-6-25(23)19-29/h3-20,41-42H,2,21H2,1H3. The lowest BCUT2D eigenvalue weighted by molar-refractivity contribution is 0.0947. The first-order valence-corrected chi connectivity index (χ1v) is 13.9. The summed E-state index contributed by atoms with van der Waals surface area (Å²) in [5, 5.41) is 31.6. The van der Waals surface area contributed by atoms with Crippen molar-refractivity contribution in [2.75, 3.05) is 6.61 Å². The number of carbonyl (C=O) groups is 2. The fourth-order valence-corrected chi connectivity index (χ4v) is 4.87. The highest BCUT2D eigenvalue weighted by molar-refractivity contribution is 6.03. The molecular weight excluding hydrogens is 558 g/mol. The lowest BCUT2D eigenvalue weighted by Gasteiger charge is -2.08. The molecule has 5 aromatic carbocycles. The summed E-state index contributed by atoms with van der Waals surface area (Å²) in [4.78, 5) is 25.4. The van der Waals surface area contributed by atoms with E-state index in [-0.39, 0.29) is 28.3 Å². The van der Waals surface area contributed by atoms with Crippen LogP contribution in [0.15, 0.2) is 119 Å². The first-order valence-electron chi connectivity index (χ1n) is 13.9. The first kappa shape index (κ1) is 28.2. The Balaban J connectivity index is 1.12. The van der Waals surface area contributed by atoms with E-state index < -0.39 is 11.8 Å². The second-order valence-electron chi connectivity index (χ2n) is 9.97. The number of nitrogens with zero attached hydrogens (tertiary/aromatic N) is 3. The molecule has 0 saturated heterocycles. The number of aromatic hydroxyl groups is 2. The van der Waals surface area contributed by atoms with Gasteiger partial charge in [0.25, 0.3) is 11.8 Å². The maximum Gasteiger partial charge on any atom is 0.295 e. The summed E-state index contributed by atoms with van der Waals surface area (Å²) in [6.45, 7) is 2.71. The molecule has 218 valence electrons. The number of benzene rings is 5. The van der Waals surface area contributed by atoms with Crippen molar-refractivity contribution in [1.29, 1.82) is 0 Å². The maximum atomic E-state index is 12.8. The van der Waals surface area contributed by atoms with Crippen LogP contribution in [-0.2, 0) is 6.61 Å². The zero-order chi connectivity index (χ0) is 30.6. The average molecular weight is 586 g/mol. The van der Waals surface area contributed by atoms with E-state index in [9.17, 15) is 19.8 Å². The third kappa shape index (κ3) is 5.71. The van der Waals surface area contributed by atoms with E-state index in [1.807, 2.05) is 49.4 Å². The summed E-state index contributed by atoms with van der Waals surface area (Å²) >= 11 is 0. The van der Waals surface area contributed by atoms with Gasteiger partial charge >= 0.3 is 0 Å². The second kappa shape index (κ2) is 12.1. The van der Waals surface area contributed by atoms with Crippen LogP contribution in [0.1, 0.15) is 33.2 Å². The predicted octanol–water partition coefficient (Wildman–Crippen LogP) is 7.61. The molecule has 0 fully saturated rings. The molecule has 6 aromatic rings. The zero-order valence-electron chi connectivity index (χ0n) is 23.7. The second-order valence-corrected chi connectivity index (χ2v) is 9.97. The number of ether oxygens (including phenoxy) is 2. The molecule has 0 bridgehead atoms. The van der Waals surface area contributed by atoms with Crippen molar-refractivity contribution in [3.8, 4) is 28.9 Å². The van der Waals surface area contributed by atoms with Crippen molar-refractivity contribution >= 4 is 33.4 Å². The molecular formula is C35H27N3O6. The Bertz CT molecular complexity index is 2030. The Hall–Kier alpha value is -5.96. The molecule has 9 heteroatoms. The number of azo groups is 1. The van der Waals surface area contributed by atoms with Crippen LogP contribution in [0.2, 0.25) is 0 Å². The first-order chi connectivity index (χ1) is 21.4. The lowest BCUT2D eigenvalue weighted by atomic mass is 10.1. The van der Waals surface area contributed by atoms with E-state index in [0.29, 0.717) is 30.0 Å². The van der Waals surface area contributed by atoms with Crippen molar-refractivity contribution in [2.45, 2.75) is 13.5 Å². The van der Waals surface area contributed by atoms with Crippen LogP contribution in [0.4, 0.5) is 0 Å². The van der Waals surface area contributed by atoms with Gasteiger partial charge in [-0.25, -0.2) is 0 Å².